The van der Waals surface area contributed by atoms with Crippen LogP contribution < -0.4 is 9.64 Å². The number of amides is 1. The number of aliphatic hydroxyl groups excluding tert-OH is 1. The molecular formula is C23H18ClF4NO9. The summed E-state index contributed by atoms with van der Waals surface area (Å²) in [6.07, 6.45) is -8.06. The maximum Gasteiger partial charge on any atom is 0.416 e. The van der Waals surface area contributed by atoms with Gasteiger partial charge in [-0.3, -0.25) is 14.5 Å². The van der Waals surface area contributed by atoms with Crippen LogP contribution in [-0.2, 0) is 40.5 Å². The number of methoxy groups -OCH3 is 1. The summed E-state index contributed by atoms with van der Waals surface area (Å²) in [5.41, 5.74) is -5.81. The van der Waals surface area contributed by atoms with Gasteiger partial charge in [0.15, 0.2) is 19.4 Å². The number of hydrogen-bond donors (Lipinski definition) is 2. The normalized spacial score (nSPS) is 17.6. The van der Waals surface area contributed by atoms with Crippen molar-refractivity contribution in [1.82, 2.24) is 0 Å². The fourth-order valence-electron chi connectivity index (χ4n) is 3.64. The van der Waals surface area contributed by atoms with E-state index in [0.717, 1.165) is 12.1 Å². The molecule has 0 spiro atoms. The molecule has 1 amide bonds. The Kier molecular flexibility index (Phi) is 8.17. The van der Waals surface area contributed by atoms with Crippen molar-refractivity contribution in [2.24, 2.45) is 0 Å². The van der Waals surface area contributed by atoms with Crippen LogP contribution >= 0.6 is 11.6 Å². The predicted molar refractivity (Wildman–Crippen MR) is 119 cm³/mol. The minimum Gasteiger partial charge on any atom is -0.496 e. The van der Waals surface area contributed by atoms with E-state index in [1.165, 1.54) is 19.2 Å². The number of halogens is 5. The van der Waals surface area contributed by atoms with Crippen LogP contribution in [0.25, 0.3) is 0 Å². The number of carboxylic acid groups (broad SMARTS) is 1. The van der Waals surface area contributed by atoms with Gasteiger partial charge in [-0.2, -0.15) is 13.2 Å². The largest absolute Gasteiger partial charge is 0.496 e. The summed E-state index contributed by atoms with van der Waals surface area (Å²) in [4.78, 5) is 47.8. The maximum absolute atomic E-state index is 16.6. The van der Waals surface area contributed by atoms with Gasteiger partial charge in [-0.05, 0) is 30.3 Å². The van der Waals surface area contributed by atoms with Gasteiger partial charge in [0.25, 0.3) is 5.91 Å². The number of carbonyl (C=O) groups excluding carboxylic acids is 3. The Morgan fingerprint density at radius 1 is 1.11 bits per heavy atom. The predicted octanol–water partition coefficient (Wildman–Crippen LogP) is 2.81. The number of nitrogens with zero attached hydrogens (tertiary/aromatic N) is 1. The molecule has 2 aromatic carbocycles. The number of ether oxygens (including phenoxy) is 3. The molecule has 0 radical (unpaired) electrons. The highest BCUT2D eigenvalue weighted by atomic mass is 35.5. The number of rotatable bonds is 9. The van der Waals surface area contributed by atoms with Gasteiger partial charge in [-0.1, -0.05) is 17.7 Å². The van der Waals surface area contributed by atoms with Crippen LogP contribution in [0.4, 0.5) is 23.2 Å². The van der Waals surface area contributed by atoms with E-state index in [-0.39, 0.29) is 10.8 Å². The summed E-state index contributed by atoms with van der Waals surface area (Å²) in [6.45, 7) is -2.19. The van der Waals surface area contributed by atoms with Gasteiger partial charge in [0, 0.05) is 16.1 Å². The summed E-state index contributed by atoms with van der Waals surface area (Å²) < 4.78 is 70.9. The number of carboxylic acids is 1. The third kappa shape index (κ3) is 5.65. The van der Waals surface area contributed by atoms with E-state index in [0.29, 0.717) is 17.0 Å². The quantitative estimate of drug-likeness (QED) is 0.348. The molecule has 0 fully saturated rings. The Labute approximate surface area is 216 Å². The van der Waals surface area contributed by atoms with Crippen LogP contribution in [-0.4, -0.2) is 60.6 Å². The highest BCUT2D eigenvalue weighted by molar-refractivity contribution is 6.30. The molecule has 1 heterocycles. The molecule has 2 unspecified atom stereocenters. The molecule has 1 aliphatic heterocycles. The first kappa shape index (κ1) is 28.7. The minimum absolute atomic E-state index is 0.00673. The second-order valence-corrected chi connectivity index (χ2v) is 8.27. The first-order chi connectivity index (χ1) is 17.7. The molecule has 3 rings (SSSR count). The van der Waals surface area contributed by atoms with E-state index in [9.17, 15) is 37.5 Å². The Hall–Kier alpha value is -3.91. The van der Waals surface area contributed by atoms with Crippen molar-refractivity contribution in [3.05, 3.63) is 58.1 Å². The summed E-state index contributed by atoms with van der Waals surface area (Å²) in [6, 6.07) is 5.49. The van der Waals surface area contributed by atoms with Crippen molar-refractivity contribution in [3.8, 4) is 5.75 Å². The van der Waals surface area contributed by atoms with Gasteiger partial charge >= 0.3 is 24.1 Å². The third-order valence-electron chi connectivity index (χ3n) is 5.38. The van der Waals surface area contributed by atoms with Crippen molar-refractivity contribution in [2.45, 2.75) is 24.4 Å². The Morgan fingerprint density at radius 2 is 1.79 bits per heavy atom. The summed E-state index contributed by atoms with van der Waals surface area (Å²) in [5, 5.41) is 18.2. The summed E-state index contributed by atoms with van der Waals surface area (Å²) in [5.74, 6) is -5.89. The fraction of sp³-hybridized carbons (Fsp3) is 0.304. The zero-order valence-electron chi connectivity index (χ0n) is 19.3. The molecular weight excluding hydrogens is 546 g/mol. The fourth-order valence-corrected chi connectivity index (χ4v) is 3.81. The highest BCUT2D eigenvalue weighted by Gasteiger charge is 2.55. The molecule has 0 saturated heterocycles. The van der Waals surface area contributed by atoms with E-state index in [1.54, 1.807) is 0 Å². The Bertz CT molecular complexity index is 1290. The van der Waals surface area contributed by atoms with Crippen molar-refractivity contribution in [1.29, 1.82) is 0 Å². The molecule has 2 N–H and O–H groups in total. The lowest BCUT2D eigenvalue weighted by molar-refractivity contribution is -0.164. The molecule has 0 bridgehead atoms. The van der Waals surface area contributed by atoms with Gasteiger partial charge in [0.1, 0.15) is 5.75 Å². The van der Waals surface area contributed by atoms with Crippen LogP contribution in [0.5, 0.6) is 5.75 Å². The molecule has 10 nitrogen and oxygen atoms in total. The lowest BCUT2D eigenvalue weighted by Gasteiger charge is -2.23. The number of esters is 2. The van der Waals surface area contributed by atoms with Crippen LogP contribution in [0.15, 0.2) is 36.4 Å². The number of carbonyl (C=O) groups is 4. The van der Waals surface area contributed by atoms with E-state index < -0.39 is 83.9 Å². The Balaban J connectivity index is 1.93. The number of aliphatic carboxylic acids is 1. The van der Waals surface area contributed by atoms with Crippen molar-refractivity contribution < 1.29 is 61.2 Å². The molecule has 0 aliphatic carbocycles. The zero-order valence-corrected chi connectivity index (χ0v) is 20.0. The lowest BCUT2D eigenvalue weighted by atomic mass is 9.88. The van der Waals surface area contributed by atoms with Gasteiger partial charge in [-0.15, -0.1) is 0 Å². The smallest absolute Gasteiger partial charge is 0.416 e. The third-order valence-corrected chi connectivity index (χ3v) is 5.62. The number of aliphatic hydroxyl groups is 1. The van der Waals surface area contributed by atoms with Gasteiger partial charge in [-0.25, -0.2) is 14.0 Å². The van der Waals surface area contributed by atoms with Crippen LogP contribution in [0, 0.1) is 0 Å². The number of anilines is 1. The van der Waals surface area contributed by atoms with Crippen molar-refractivity contribution in [3.63, 3.8) is 0 Å². The van der Waals surface area contributed by atoms with Gasteiger partial charge in [0.2, 0.25) is 5.67 Å². The summed E-state index contributed by atoms with van der Waals surface area (Å²) >= 11 is 5.97. The number of hydrogen-bond acceptors (Lipinski definition) is 8. The minimum atomic E-state index is -4.86. The molecule has 204 valence electrons. The average molecular weight is 564 g/mol. The molecule has 0 aromatic heterocycles. The summed E-state index contributed by atoms with van der Waals surface area (Å²) in [7, 11) is 1.18. The SMILES string of the molecule is COc1ccc(Cl)cc1C1(F)C(=O)N(COC(=O)CC(O)C(=O)OCC(=O)O)c2cc(C(F)(F)F)ccc21. The average Bonchev–Trinajstić information content (AvgIpc) is 3.07. The maximum atomic E-state index is 16.6. The number of fused-ring (bicyclic) bond motifs is 1. The first-order valence-corrected chi connectivity index (χ1v) is 10.9. The molecule has 2 atom stereocenters. The van der Waals surface area contributed by atoms with E-state index in [2.05, 4.69) is 4.74 Å². The molecule has 2 aromatic rings. The van der Waals surface area contributed by atoms with Crippen LogP contribution in [0.2, 0.25) is 5.02 Å². The van der Waals surface area contributed by atoms with Crippen LogP contribution in [0.3, 0.4) is 0 Å². The van der Waals surface area contributed by atoms with E-state index >= 15 is 4.39 Å². The Morgan fingerprint density at radius 3 is 2.39 bits per heavy atom. The second kappa shape index (κ2) is 10.8. The zero-order chi connectivity index (χ0) is 28.4. The number of benzene rings is 2. The van der Waals surface area contributed by atoms with Crippen molar-refractivity contribution >= 4 is 41.1 Å². The standard InChI is InChI=1S/C23H18ClF4NO9/c1-36-17-5-3-12(24)7-14(17)22(25)13-4-2-11(23(26,27)28)6-15(13)29(21(22)35)10-38-19(33)8-16(30)20(34)37-9-18(31)32/h2-7,16,30H,8-10H2,1H3,(H,31,32). The monoisotopic (exact) mass is 563 g/mol. The van der Waals surface area contributed by atoms with Crippen molar-refractivity contribution in [2.75, 3.05) is 25.3 Å². The van der Waals surface area contributed by atoms with E-state index in [4.69, 9.17) is 26.2 Å². The van der Waals surface area contributed by atoms with Gasteiger partial charge in [0.05, 0.1) is 24.8 Å². The van der Waals surface area contributed by atoms with Crippen LogP contribution in [0.1, 0.15) is 23.1 Å². The van der Waals surface area contributed by atoms with E-state index in [1.807, 2.05) is 0 Å². The van der Waals surface area contributed by atoms with Gasteiger partial charge < -0.3 is 24.4 Å². The lowest BCUT2D eigenvalue weighted by Crippen LogP contribution is -2.40. The second-order valence-electron chi connectivity index (χ2n) is 7.83. The molecule has 38 heavy (non-hydrogen) atoms. The number of alkyl halides is 4. The molecule has 15 heteroatoms. The first-order valence-electron chi connectivity index (χ1n) is 10.5. The topological polar surface area (TPSA) is 140 Å². The highest BCUT2D eigenvalue weighted by Crippen LogP contribution is 2.51. The molecule has 1 aliphatic rings. The molecule has 0 saturated carbocycles.